The molecule has 4 N–H and O–H groups in total. The van der Waals surface area contributed by atoms with Gasteiger partial charge < -0.3 is 25.2 Å². The topological polar surface area (TPSA) is 124 Å². The molecule has 0 aromatic heterocycles. The van der Waals surface area contributed by atoms with Gasteiger partial charge in [-0.25, -0.2) is 4.79 Å². The van der Waals surface area contributed by atoms with Crippen molar-refractivity contribution in [2.45, 2.75) is 115 Å². The zero-order chi connectivity index (χ0) is 30.2. The maximum absolute atomic E-state index is 13.1. The molecule has 0 bridgehead atoms. The van der Waals surface area contributed by atoms with Gasteiger partial charge in [0.1, 0.15) is 11.2 Å². The summed E-state index contributed by atoms with van der Waals surface area (Å²) >= 11 is 0. The van der Waals surface area contributed by atoms with E-state index in [4.69, 9.17) is 4.74 Å². The zero-order valence-electron chi connectivity index (χ0n) is 25.4. The van der Waals surface area contributed by atoms with Gasteiger partial charge in [0.2, 0.25) is 0 Å². The largest absolute Gasteiger partial charge is 0.455 e. The van der Waals surface area contributed by atoms with E-state index < -0.39 is 57.8 Å². The standard InChI is InChI=1S/C34H50O7/c1-6-7-8-9-10-11-14-25(36)15-12-13-16-28(37)41-33-19-23(3)34(40)26(29(33)31(33,4)5)18-24(21-35)20-32(39)27(34)17-22(2)30(32)38/h12-13,15-18,23,25-27,29,35-36,39-40H,6-11,14,19-21H2,1-5H3/b15-12+,16-13+/t23-,25?,26+,27-,29-,32-,33+,34-/m1/s1. The number of hydrogen-bond donors (Lipinski definition) is 4. The van der Waals surface area contributed by atoms with E-state index in [1.54, 1.807) is 31.2 Å². The van der Waals surface area contributed by atoms with Crippen molar-refractivity contribution in [2.24, 2.45) is 29.1 Å². The normalized spacial score (nSPS) is 38.1. The van der Waals surface area contributed by atoms with Crippen molar-refractivity contribution >= 4 is 11.8 Å². The van der Waals surface area contributed by atoms with Crippen LogP contribution in [0.1, 0.15) is 92.4 Å². The highest BCUT2D eigenvalue weighted by Gasteiger charge is 2.83. The molecule has 0 spiro atoms. The first-order chi connectivity index (χ1) is 19.3. The van der Waals surface area contributed by atoms with Crippen LogP contribution in [0.2, 0.25) is 0 Å². The van der Waals surface area contributed by atoms with Gasteiger partial charge in [-0.1, -0.05) is 96.6 Å². The minimum absolute atomic E-state index is 0.0356. The summed E-state index contributed by atoms with van der Waals surface area (Å²) in [6.07, 6.45) is 17.3. The molecule has 8 atom stereocenters. The minimum atomic E-state index is -1.80. The molecule has 41 heavy (non-hydrogen) atoms. The zero-order valence-corrected chi connectivity index (χ0v) is 25.4. The van der Waals surface area contributed by atoms with E-state index in [0.717, 1.165) is 12.8 Å². The van der Waals surface area contributed by atoms with Crippen LogP contribution in [-0.4, -0.2) is 61.7 Å². The van der Waals surface area contributed by atoms with Gasteiger partial charge in [-0.15, -0.1) is 0 Å². The lowest BCUT2D eigenvalue weighted by molar-refractivity contribution is -0.185. The highest BCUT2D eigenvalue weighted by atomic mass is 16.6. The molecule has 2 saturated carbocycles. The van der Waals surface area contributed by atoms with Gasteiger partial charge in [-0.05, 0) is 36.8 Å². The van der Waals surface area contributed by atoms with Crippen molar-refractivity contribution in [1.29, 1.82) is 0 Å². The number of fused-ring (bicyclic) bond motifs is 5. The molecule has 0 radical (unpaired) electrons. The Balaban J connectivity index is 1.46. The van der Waals surface area contributed by atoms with Crippen LogP contribution < -0.4 is 0 Å². The van der Waals surface area contributed by atoms with Crippen LogP contribution in [0, 0.1) is 29.1 Å². The fourth-order valence-corrected chi connectivity index (χ4v) is 8.37. The van der Waals surface area contributed by atoms with Crippen molar-refractivity contribution in [3.05, 3.63) is 47.6 Å². The van der Waals surface area contributed by atoms with Gasteiger partial charge in [0.05, 0.1) is 18.3 Å². The summed E-state index contributed by atoms with van der Waals surface area (Å²) in [4.78, 5) is 26.1. The number of esters is 1. The molecule has 1 unspecified atom stereocenters. The number of allylic oxidation sites excluding steroid dienone is 2. The van der Waals surface area contributed by atoms with Crippen LogP contribution in [0.4, 0.5) is 0 Å². The number of rotatable bonds is 12. The van der Waals surface area contributed by atoms with Crippen LogP contribution in [0.15, 0.2) is 47.6 Å². The van der Waals surface area contributed by atoms with E-state index >= 15 is 0 Å². The Morgan fingerprint density at radius 2 is 1.80 bits per heavy atom. The second kappa shape index (κ2) is 11.9. The Bertz CT molecular complexity index is 1130. The Hall–Kier alpha value is -2.06. The van der Waals surface area contributed by atoms with E-state index in [9.17, 15) is 30.0 Å². The fourth-order valence-electron chi connectivity index (χ4n) is 8.37. The average molecular weight is 571 g/mol. The fraction of sp³-hybridized carbons (Fsp3) is 0.706. The maximum Gasteiger partial charge on any atom is 0.331 e. The molecule has 0 saturated heterocycles. The van der Waals surface area contributed by atoms with E-state index in [-0.39, 0.29) is 18.9 Å². The third-order valence-electron chi connectivity index (χ3n) is 10.7. The number of aliphatic hydroxyl groups excluding tert-OH is 2. The number of hydrogen-bond acceptors (Lipinski definition) is 7. The van der Waals surface area contributed by atoms with Gasteiger partial charge in [0, 0.05) is 35.7 Å². The SMILES string of the molecule is CCCCCCCCC(O)/C=C/C=C/C(=O)O[C@@]12C[C@@H](C)[C@@]3(O)[C@@H](C=C(CO)C[C@]4(O)C(=O)C(C)=C[C@@H]34)[C@@H]1C2(C)C. The molecule has 0 aromatic rings. The summed E-state index contributed by atoms with van der Waals surface area (Å²) in [6, 6.07) is 0. The predicted molar refractivity (Wildman–Crippen MR) is 158 cm³/mol. The molecule has 0 aliphatic heterocycles. The first-order valence-electron chi connectivity index (χ1n) is 15.5. The van der Waals surface area contributed by atoms with Crippen LogP contribution >= 0.6 is 0 Å². The van der Waals surface area contributed by atoms with Crippen molar-refractivity contribution in [2.75, 3.05) is 6.61 Å². The van der Waals surface area contributed by atoms with Crippen molar-refractivity contribution in [3.8, 4) is 0 Å². The molecular formula is C34H50O7. The lowest BCUT2D eigenvalue weighted by Crippen LogP contribution is -2.61. The quantitative estimate of drug-likeness (QED) is 0.0879. The number of aliphatic hydroxyl groups is 4. The summed E-state index contributed by atoms with van der Waals surface area (Å²) in [5, 5.41) is 44.3. The van der Waals surface area contributed by atoms with E-state index in [0.29, 0.717) is 24.0 Å². The van der Waals surface area contributed by atoms with Gasteiger partial charge in [-0.3, -0.25) is 4.79 Å². The Morgan fingerprint density at radius 3 is 2.49 bits per heavy atom. The van der Waals surface area contributed by atoms with Gasteiger partial charge >= 0.3 is 5.97 Å². The average Bonchev–Trinajstić information content (AvgIpc) is 3.32. The number of unbranched alkanes of at least 4 members (excludes halogenated alkanes) is 5. The lowest BCUT2D eigenvalue weighted by atomic mass is 9.60. The summed E-state index contributed by atoms with van der Waals surface area (Å²) in [6.45, 7) is 9.46. The number of ether oxygens (including phenoxy) is 1. The monoisotopic (exact) mass is 570 g/mol. The summed E-state index contributed by atoms with van der Waals surface area (Å²) < 4.78 is 6.17. The Labute approximate surface area is 245 Å². The van der Waals surface area contributed by atoms with Crippen LogP contribution in [0.5, 0.6) is 0 Å². The molecule has 0 aromatic carbocycles. The molecule has 7 heteroatoms. The summed E-state index contributed by atoms with van der Waals surface area (Å²) in [5.41, 5.74) is -3.61. The summed E-state index contributed by atoms with van der Waals surface area (Å²) in [5.74, 6) is -2.89. The molecule has 4 rings (SSSR count). The van der Waals surface area contributed by atoms with Crippen molar-refractivity contribution in [1.82, 2.24) is 0 Å². The number of carbonyl (C=O) groups excluding carboxylic acids is 2. The number of carbonyl (C=O) groups is 2. The second-order valence-electron chi connectivity index (χ2n) is 13.6. The highest BCUT2D eigenvalue weighted by molar-refractivity contribution is 6.04. The minimum Gasteiger partial charge on any atom is -0.455 e. The van der Waals surface area contributed by atoms with Gasteiger partial charge in [0.25, 0.3) is 0 Å². The summed E-state index contributed by atoms with van der Waals surface area (Å²) in [7, 11) is 0. The second-order valence-corrected chi connectivity index (χ2v) is 13.6. The molecule has 4 aliphatic rings. The van der Waals surface area contributed by atoms with Crippen molar-refractivity contribution in [3.63, 3.8) is 0 Å². The van der Waals surface area contributed by atoms with Crippen LogP contribution in [0.25, 0.3) is 0 Å². The Morgan fingerprint density at radius 1 is 1.12 bits per heavy atom. The molecule has 0 amide bonds. The van der Waals surface area contributed by atoms with Gasteiger partial charge in [0.15, 0.2) is 5.78 Å². The van der Waals surface area contributed by atoms with Gasteiger partial charge in [-0.2, -0.15) is 0 Å². The predicted octanol–water partition coefficient (Wildman–Crippen LogP) is 4.73. The molecular weight excluding hydrogens is 520 g/mol. The molecule has 4 aliphatic carbocycles. The molecule has 0 heterocycles. The third kappa shape index (κ3) is 5.44. The Kier molecular flexibility index (Phi) is 9.25. The molecule has 228 valence electrons. The maximum atomic E-state index is 13.1. The molecule has 7 nitrogen and oxygen atoms in total. The smallest absolute Gasteiger partial charge is 0.331 e. The molecule has 2 fully saturated rings. The van der Waals surface area contributed by atoms with Crippen LogP contribution in [-0.2, 0) is 14.3 Å². The van der Waals surface area contributed by atoms with E-state index in [1.807, 2.05) is 26.8 Å². The highest BCUT2D eigenvalue weighted by Crippen LogP contribution is 2.76. The third-order valence-corrected chi connectivity index (χ3v) is 10.7. The van der Waals surface area contributed by atoms with Crippen LogP contribution in [0.3, 0.4) is 0 Å². The first kappa shape index (κ1) is 31.9. The van der Waals surface area contributed by atoms with E-state index in [1.165, 1.54) is 31.8 Å². The van der Waals surface area contributed by atoms with Crippen molar-refractivity contribution < 1.29 is 34.8 Å². The number of ketones is 1. The van der Waals surface area contributed by atoms with E-state index in [2.05, 4.69) is 6.92 Å². The first-order valence-corrected chi connectivity index (χ1v) is 15.5. The lowest BCUT2D eigenvalue weighted by Gasteiger charge is -2.50. The number of Topliss-reactive ketones (excluding diaryl/α,β-unsaturated/α-hetero) is 1.